The van der Waals surface area contributed by atoms with Crippen molar-refractivity contribution in [1.29, 1.82) is 0 Å². The third-order valence-corrected chi connectivity index (χ3v) is 2.22. The molecule has 0 atom stereocenters. The van der Waals surface area contributed by atoms with Crippen LogP contribution in [0.3, 0.4) is 0 Å². The molecule has 2 rings (SSSR count). The molecule has 0 aliphatic rings. The van der Waals surface area contributed by atoms with Crippen LogP contribution in [0.5, 0.6) is 5.75 Å². The number of hydrogen-bond donors (Lipinski definition) is 2. The zero-order chi connectivity index (χ0) is 11.5. The number of nitrogens with two attached hydrogens (primary N) is 1. The van der Waals surface area contributed by atoms with E-state index in [1.165, 1.54) is 18.2 Å². The maximum absolute atomic E-state index is 12.7. The summed E-state index contributed by atoms with van der Waals surface area (Å²) in [6, 6.07) is 5.59. The molecule has 1 aromatic heterocycles. The lowest BCUT2D eigenvalue weighted by atomic mass is 10.3. The van der Waals surface area contributed by atoms with E-state index in [1.54, 1.807) is 6.07 Å². The van der Waals surface area contributed by atoms with Gasteiger partial charge in [-0.05, 0) is 18.2 Å². The van der Waals surface area contributed by atoms with Crippen molar-refractivity contribution in [3.05, 3.63) is 40.8 Å². The second kappa shape index (κ2) is 4.40. The van der Waals surface area contributed by atoms with Crippen LogP contribution in [0.25, 0.3) is 0 Å². The van der Waals surface area contributed by atoms with Gasteiger partial charge in [0.1, 0.15) is 24.0 Å². The zero-order valence-electron chi connectivity index (χ0n) is 8.21. The van der Waals surface area contributed by atoms with Crippen molar-refractivity contribution in [1.82, 2.24) is 10.2 Å². The third kappa shape index (κ3) is 2.43. The van der Waals surface area contributed by atoms with Crippen molar-refractivity contribution in [2.75, 3.05) is 5.73 Å². The van der Waals surface area contributed by atoms with Gasteiger partial charge in [0, 0.05) is 6.07 Å². The first-order valence-electron chi connectivity index (χ1n) is 4.53. The van der Waals surface area contributed by atoms with Crippen LogP contribution in [0.4, 0.5) is 10.2 Å². The highest BCUT2D eigenvalue weighted by Crippen LogP contribution is 2.25. The first-order chi connectivity index (χ1) is 7.65. The molecule has 4 nitrogen and oxygen atoms in total. The van der Waals surface area contributed by atoms with Gasteiger partial charge in [0.25, 0.3) is 0 Å². The van der Waals surface area contributed by atoms with Crippen molar-refractivity contribution in [3.63, 3.8) is 0 Å². The van der Waals surface area contributed by atoms with E-state index in [9.17, 15) is 4.39 Å². The molecule has 0 saturated heterocycles. The maximum Gasteiger partial charge on any atom is 0.145 e. The summed E-state index contributed by atoms with van der Waals surface area (Å²) in [6.07, 6.45) is 0. The van der Waals surface area contributed by atoms with Gasteiger partial charge in [-0.25, -0.2) is 4.39 Å². The van der Waals surface area contributed by atoms with Gasteiger partial charge in [-0.15, -0.1) is 0 Å². The second-order valence-electron chi connectivity index (χ2n) is 3.18. The Balaban J connectivity index is 2.04. The van der Waals surface area contributed by atoms with E-state index in [2.05, 4.69) is 10.2 Å². The molecule has 1 aromatic carbocycles. The highest BCUT2D eigenvalue weighted by atomic mass is 35.5. The van der Waals surface area contributed by atoms with Crippen LogP contribution in [0.2, 0.25) is 5.02 Å². The Morgan fingerprint density at radius 2 is 2.25 bits per heavy atom. The standard InChI is InChI=1S/C10H9ClFN3O/c11-8-3-6(12)1-2-9(8)16-5-7-4-10(13)15-14-7/h1-4H,5H2,(H3,13,14,15). The van der Waals surface area contributed by atoms with Crippen molar-refractivity contribution >= 4 is 17.4 Å². The van der Waals surface area contributed by atoms with E-state index in [0.717, 1.165) is 5.69 Å². The van der Waals surface area contributed by atoms with Crippen molar-refractivity contribution < 1.29 is 9.13 Å². The lowest BCUT2D eigenvalue weighted by molar-refractivity contribution is 0.301. The molecule has 0 aliphatic carbocycles. The number of nitrogens with one attached hydrogen (secondary N) is 1. The van der Waals surface area contributed by atoms with Gasteiger partial charge in [0.15, 0.2) is 0 Å². The average Bonchev–Trinajstić information content (AvgIpc) is 2.63. The van der Waals surface area contributed by atoms with Crippen LogP contribution in [0, 0.1) is 5.82 Å². The number of H-pyrrole nitrogens is 1. The quantitative estimate of drug-likeness (QED) is 0.867. The predicted octanol–water partition coefficient (Wildman–Crippen LogP) is 2.36. The Morgan fingerprint density at radius 1 is 1.44 bits per heavy atom. The molecule has 3 N–H and O–H groups in total. The Morgan fingerprint density at radius 3 is 2.88 bits per heavy atom. The third-order valence-electron chi connectivity index (χ3n) is 1.93. The summed E-state index contributed by atoms with van der Waals surface area (Å²) in [6.45, 7) is 0.246. The fourth-order valence-electron chi connectivity index (χ4n) is 1.20. The van der Waals surface area contributed by atoms with Crippen LogP contribution in [0.15, 0.2) is 24.3 Å². The molecule has 0 spiro atoms. The molecule has 6 heteroatoms. The van der Waals surface area contributed by atoms with Gasteiger partial charge in [-0.1, -0.05) is 11.6 Å². The van der Waals surface area contributed by atoms with Gasteiger partial charge in [-0.2, -0.15) is 5.10 Å². The second-order valence-corrected chi connectivity index (χ2v) is 3.59. The molecular formula is C10H9ClFN3O. The number of hydrogen-bond acceptors (Lipinski definition) is 3. The minimum absolute atomic E-state index is 0.229. The molecular weight excluding hydrogens is 233 g/mol. The number of aromatic nitrogens is 2. The maximum atomic E-state index is 12.7. The van der Waals surface area contributed by atoms with Gasteiger partial charge < -0.3 is 10.5 Å². The molecule has 84 valence electrons. The normalized spacial score (nSPS) is 10.4. The summed E-state index contributed by atoms with van der Waals surface area (Å²) < 4.78 is 18.1. The topological polar surface area (TPSA) is 63.9 Å². The minimum Gasteiger partial charge on any atom is -0.486 e. The Bertz CT molecular complexity index is 501. The van der Waals surface area contributed by atoms with Crippen LogP contribution in [-0.2, 0) is 6.61 Å². The lowest BCUT2D eigenvalue weighted by Gasteiger charge is -2.06. The van der Waals surface area contributed by atoms with Gasteiger partial charge >= 0.3 is 0 Å². The number of nitrogen functional groups attached to an aromatic ring is 1. The summed E-state index contributed by atoms with van der Waals surface area (Å²) in [4.78, 5) is 0. The molecule has 0 aliphatic heterocycles. The zero-order valence-corrected chi connectivity index (χ0v) is 8.96. The van der Waals surface area contributed by atoms with Crippen LogP contribution in [-0.4, -0.2) is 10.2 Å². The molecule has 0 amide bonds. The number of nitrogens with zero attached hydrogens (tertiary/aromatic N) is 1. The summed E-state index contributed by atoms with van der Waals surface area (Å²) >= 11 is 5.79. The van der Waals surface area contributed by atoms with E-state index < -0.39 is 5.82 Å². The summed E-state index contributed by atoms with van der Waals surface area (Å²) in [5, 5.41) is 6.66. The van der Waals surface area contributed by atoms with E-state index in [0.29, 0.717) is 11.6 Å². The Kier molecular flexibility index (Phi) is 2.96. The number of halogens is 2. The fourth-order valence-corrected chi connectivity index (χ4v) is 1.42. The molecule has 0 bridgehead atoms. The van der Waals surface area contributed by atoms with Gasteiger partial charge in [-0.3, -0.25) is 5.10 Å². The number of ether oxygens (including phenoxy) is 1. The fraction of sp³-hybridized carbons (Fsp3) is 0.100. The van der Waals surface area contributed by atoms with E-state index in [4.69, 9.17) is 22.1 Å². The average molecular weight is 242 g/mol. The van der Waals surface area contributed by atoms with E-state index in [1.807, 2.05) is 0 Å². The van der Waals surface area contributed by atoms with Crippen LogP contribution < -0.4 is 10.5 Å². The van der Waals surface area contributed by atoms with Gasteiger partial charge in [0.2, 0.25) is 0 Å². The molecule has 0 radical (unpaired) electrons. The van der Waals surface area contributed by atoms with Crippen molar-refractivity contribution in [3.8, 4) is 5.75 Å². The molecule has 0 unspecified atom stereocenters. The van der Waals surface area contributed by atoms with Gasteiger partial charge in [0.05, 0.1) is 10.7 Å². The van der Waals surface area contributed by atoms with Crippen LogP contribution in [0.1, 0.15) is 5.69 Å². The monoisotopic (exact) mass is 241 g/mol. The first kappa shape index (κ1) is 10.8. The summed E-state index contributed by atoms with van der Waals surface area (Å²) in [5.74, 6) is 0.406. The number of rotatable bonds is 3. The molecule has 1 heterocycles. The Labute approximate surface area is 96.2 Å². The smallest absolute Gasteiger partial charge is 0.145 e. The molecule has 0 saturated carbocycles. The summed E-state index contributed by atoms with van der Waals surface area (Å²) in [5.41, 5.74) is 6.14. The highest BCUT2D eigenvalue weighted by molar-refractivity contribution is 6.32. The summed E-state index contributed by atoms with van der Waals surface area (Å²) in [7, 11) is 0. The number of anilines is 1. The molecule has 2 aromatic rings. The lowest BCUT2D eigenvalue weighted by Crippen LogP contribution is -1.96. The number of aromatic amines is 1. The molecule has 0 fully saturated rings. The SMILES string of the molecule is Nc1cc(COc2ccc(F)cc2Cl)[nH]n1. The highest BCUT2D eigenvalue weighted by Gasteiger charge is 2.04. The Hall–Kier alpha value is -1.75. The van der Waals surface area contributed by atoms with Crippen molar-refractivity contribution in [2.45, 2.75) is 6.61 Å². The minimum atomic E-state index is -0.400. The first-order valence-corrected chi connectivity index (χ1v) is 4.90. The molecule has 16 heavy (non-hydrogen) atoms. The van der Waals surface area contributed by atoms with E-state index in [-0.39, 0.29) is 11.6 Å². The largest absolute Gasteiger partial charge is 0.486 e. The van der Waals surface area contributed by atoms with Crippen LogP contribution >= 0.6 is 11.6 Å². The number of benzene rings is 1. The van der Waals surface area contributed by atoms with Crippen molar-refractivity contribution in [2.24, 2.45) is 0 Å². The predicted molar refractivity (Wildman–Crippen MR) is 58.7 cm³/mol. The van der Waals surface area contributed by atoms with E-state index >= 15 is 0 Å².